The molecular formula is C24H22N4O5. The summed E-state index contributed by atoms with van der Waals surface area (Å²) in [5.41, 5.74) is 5.60. The van der Waals surface area contributed by atoms with Gasteiger partial charge in [-0.1, -0.05) is 24.3 Å². The zero-order valence-electron chi connectivity index (χ0n) is 18.0. The van der Waals surface area contributed by atoms with Gasteiger partial charge in [0.25, 0.3) is 5.91 Å². The summed E-state index contributed by atoms with van der Waals surface area (Å²) in [6.07, 6.45) is 8.48. The second-order valence-electron chi connectivity index (χ2n) is 7.55. The first-order chi connectivity index (χ1) is 16.2. The Hall–Kier alpha value is -3.82. The third kappa shape index (κ3) is 4.28. The predicted octanol–water partition coefficient (Wildman–Crippen LogP) is 4.15. The minimum atomic E-state index is -0.469. The standard InChI is InChI=1S/C24H22N4O5/c1-30-23-21(24(29)28-33-20-4-2-3-11-31-20)17-12-25-10-9-18(17)27-22(23)16-7-5-15(6-8-16)19-13-26-14-32-19/h5-10,12-14,20H,2-4,11H2,1H3,(H,28,29). The number of nitrogens with zero attached hydrogens (tertiary/aromatic N) is 3. The highest BCUT2D eigenvalue weighted by Gasteiger charge is 2.24. The Morgan fingerprint density at radius 2 is 1.94 bits per heavy atom. The van der Waals surface area contributed by atoms with Gasteiger partial charge in [-0.25, -0.2) is 20.3 Å². The first-order valence-corrected chi connectivity index (χ1v) is 10.6. The summed E-state index contributed by atoms with van der Waals surface area (Å²) in [5.74, 6) is 0.530. The topological polar surface area (TPSA) is 109 Å². The maximum absolute atomic E-state index is 13.2. The third-order valence-corrected chi connectivity index (χ3v) is 5.47. The fraction of sp³-hybridized carbons (Fsp3) is 0.250. The van der Waals surface area contributed by atoms with Gasteiger partial charge in [0.1, 0.15) is 5.69 Å². The van der Waals surface area contributed by atoms with E-state index in [0.29, 0.717) is 40.3 Å². The minimum absolute atomic E-state index is 0.292. The summed E-state index contributed by atoms with van der Waals surface area (Å²) in [7, 11) is 1.51. The van der Waals surface area contributed by atoms with E-state index in [1.165, 1.54) is 13.5 Å². The molecule has 9 nitrogen and oxygen atoms in total. The van der Waals surface area contributed by atoms with Crippen molar-refractivity contribution in [2.24, 2.45) is 0 Å². The summed E-state index contributed by atoms with van der Waals surface area (Å²) in [6, 6.07) is 9.34. The summed E-state index contributed by atoms with van der Waals surface area (Å²) >= 11 is 0. The van der Waals surface area contributed by atoms with E-state index >= 15 is 0 Å². The van der Waals surface area contributed by atoms with Crippen LogP contribution in [0.25, 0.3) is 33.5 Å². The van der Waals surface area contributed by atoms with E-state index in [2.05, 4.69) is 15.4 Å². The van der Waals surface area contributed by atoms with Crippen molar-refractivity contribution in [3.05, 3.63) is 60.9 Å². The Kier molecular flexibility index (Phi) is 5.97. The smallest absolute Gasteiger partial charge is 0.279 e. The number of hydroxylamine groups is 1. The van der Waals surface area contributed by atoms with Gasteiger partial charge in [0, 0.05) is 41.9 Å². The number of benzene rings is 1. The Balaban J connectivity index is 1.53. The van der Waals surface area contributed by atoms with Crippen LogP contribution in [0.15, 0.2) is 59.7 Å². The van der Waals surface area contributed by atoms with Crippen molar-refractivity contribution in [1.29, 1.82) is 0 Å². The molecule has 4 heterocycles. The van der Waals surface area contributed by atoms with Crippen LogP contribution >= 0.6 is 0 Å². The van der Waals surface area contributed by atoms with Gasteiger partial charge in [0.15, 0.2) is 24.2 Å². The number of carbonyl (C=O) groups is 1. The van der Waals surface area contributed by atoms with E-state index in [-0.39, 0.29) is 0 Å². The van der Waals surface area contributed by atoms with Crippen LogP contribution in [-0.4, -0.2) is 40.9 Å². The minimum Gasteiger partial charge on any atom is -0.494 e. The lowest BCUT2D eigenvalue weighted by atomic mass is 10.0. The van der Waals surface area contributed by atoms with Crippen molar-refractivity contribution in [2.75, 3.05) is 13.7 Å². The Bertz CT molecular complexity index is 1250. The van der Waals surface area contributed by atoms with Gasteiger partial charge in [0.05, 0.1) is 24.4 Å². The number of amides is 1. The van der Waals surface area contributed by atoms with E-state index in [0.717, 1.165) is 30.4 Å². The van der Waals surface area contributed by atoms with Gasteiger partial charge in [0.2, 0.25) is 0 Å². The maximum atomic E-state index is 13.2. The molecule has 0 saturated carbocycles. The van der Waals surface area contributed by atoms with Gasteiger partial charge in [-0.15, -0.1) is 0 Å². The second kappa shape index (κ2) is 9.35. The highest BCUT2D eigenvalue weighted by Crippen LogP contribution is 2.36. The number of ether oxygens (including phenoxy) is 2. The molecule has 168 valence electrons. The van der Waals surface area contributed by atoms with E-state index in [1.807, 2.05) is 24.3 Å². The van der Waals surface area contributed by atoms with Crippen LogP contribution in [0.4, 0.5) is 0 Å². The number of aromatic nitrogens is 3. The molecule has 1 aliphatic rings. The number of nitrogens with one attached hydrogen (secondary N) is 1. The van der Waals surface area contributed by atoms with Crippen LogP contribution in [0, 0.1) is 0 Å². The number of carbonyl (C=O) groups excluding carboxylic acids is 1. The molecule has 1 fully saturated rings. The van der Waals surface area contributed by atoms with Crippen LogP contribution in [0.5, 0.6) is 5.75 Å². The molecule has 9 heteroatoms. The lowest BCUT2D eigenvalue weighted by Crippen LogP contribution is -2.33. The van der Waals surface area contributed by atoms with E-state index in [4.69, 9.17) is 23.7 Å². The number of oxazole rings is 1. The van der Waals surface area contributed by atoms with E-state index in [1.54, 1.807) is 24.7 Å². The number of hydrogen-bond acceptors (Lipinski definition) is 8. The van der Waals surface area contributed by atoms with Crippen molar-refractivity contribution in [3.63, 3.8) is 0 Å². The zero-order valence-corrected chi connectivity index (χ0v) is 18.0. The summed E-state index contributed by atoms with van der Waals surface area (Å²) in [4.78, 5) is 31.6. The van der Waals surface area contributed by atoms with Crippen molar-refractivity contribution < 1.29 is 23.5 Å². The lowest BCUT2D eigenvalue weighted by molar-refractivity contribution is -0.186. The molecular weight excluding hydrogens is 424 g/mol. The number of rotatable bonds is 6. The SMILES string of the molecule is COc1c(-c2ccc(-c3cnco3)cc2)nc2ccncc2c1C(=O)NOC1CCCCO1. The highest BCUT2D eigenvalue weighted by atomic mass is 16.8. The molecule has 0 spiro atoms. The largest absolute Gasteiger partial charge is 0.494 e. The third-order valence-electron chi connectivity index (χ3n) is 5.47. The molecule has 1 saturated heterocycles. The van der Waals surface area contributed by atoms with Gasteiger partial charge >= 0.3 is 0 Å². The molecule has 1 aliphatic heterocycles. The predicted molar refractivity (Wildman–Crippen MR) is 119 cm³/mol. The first kappa shape index (κ1) is 21.0. The summed E-state index contributed by atoms with van der Waals surface area (Å²) in [6.45, 7) is 0.611. The summed E-state index contributed by atoms with van der Waals surface area (Å²) < 4.78 is 16.6. The molecule has 1 unspecified atom stereocenters. The van der Waals surface area contributed by atoms with Gasteiger partial charge < -0.3 is 13.9 Å². The number of pyridine rings is 2. The lowest BCUT2D eigenvalue weighted by Gasteiger charge is -2.22. The molecule has 1 aromatic carbocycles. The van der Waals surface area contributed by atoms with Gasteiger partial charge in [-0.2, -0.15) is 0 Å². The monoisotopic (exact) mass is 446 g/mol. The molecule has 3 aromatic heterocycles. The second-order valence-corrected chi connectivity index (χ2v) is 7.55. The fourth-order valence-corrected chi connectivity index (χ4v) is 3.83. The van der Waals surface area contributed by atoms with Crippen molar-refractivity contribution in [1.82, 2.24) is 20.4 Å². The number of fused-ring (bicyclic) bond motifs is 1. The Morgan fingerprint density at radius 3 is 2.67 bits per heavy atom. The van der Waals surface area contributed by atoms with Crippen LogP contribution in [-0.2, 0) is 9.57 Å². The van der Waals surface area contributed by atoms with Crippen molar-refractivity contribution >= 4 is 16.8 Å². The average Bonchev–Trinajstić information content (AvgIpc) is 3.42. The summed E-state index contributed by atoms with van der Waals surface area (Å²) in [5, 5.41) is 0.557. The Labute approximate surface area is 189 Å². The molecule has 33 heavy (non-hydrogen) atoms. The van der Waals surface area contributed by atoms with Crippen LogP contribution in [0.1, 0.15) is 29.6 Å². The van der Waals surface area contributed by atoms with E-state index in [9.17, 15) is 4.79 Å². The molecule has 1 amide bonds. The fourth-order valence-electron chi connectivity index (χ4n) is 3.83. The Morgan fingerprint density at radius 1 is 1.09 bits per heavy atom. The number of hydrogen-bond donors (Lipinski definition) is 1. The maximum Gasteiger partial charge on any atom is 0.279 e. The van der Waals surface area contributed by atoms with Crippen molar-refractivity contribution in [2.45, 2.75) is 25.6 Å². The van der Waals surface area contributed by atoms with Crippen LogP contribution < -0.4 is 10.2 Å². The molecule has 1 N–H and O–H groups in total. The first-order valence-electron chi connectivity index (χ1n) is 10.6. The molecule has 4 aromatic rings. The van der Waals surface area contributed by atoms with Gasteiger partial charge in [-0.05, 0) is 18.9 Å². The average molecular weight is 446 g/mol. The molecule has 1 atom stereocenters. The van der Waals surface area contributed by atoms with Crippen LogP contribution in [0.3, 0.4) is 0 Å². The highest BCUT2D eigenvalue weighted by molar-refractivity contribution is 6.09. The molecule has 0 radical (unpaired) electrons. The van der Waals surface area contributed by atoms with E-state index < -0.39 is 12.2 Å². The molecule has 0 aliphatic carbocycles. The molecule has 0 bridgehead atoms. The zero-order chi connectivity index (χ0) is 22.6. The quantitative estimate of drug-likeness (QED) is 0.440. The number of methoxy groups -OCH3 is 1. The molecule has 5 rings (SSSR count). The normalized spacial score (nSPS) is 16.0. The van der Waals surface area contributed by atoms with Crippen LogP contribution in [0.2, 0.25) is 0 Å². The van der Waals surface area contributed by atoms with Gasteiger partial charge in [-0.3, -0.25) is 9.78 Å². The van der Waals surface area contributed by atoms with Crippen molar-refractivity contribution in [3.8, 4) is 28.3 Å².